The fourth-order valence-electron chi connectivity index (χ4n) is 3.14. The Morgan fingerprint density at radius 3 is 2.40 bits per heavy atom. The number of hydrogen-bond acceptors (Lipinski definition) is 4. The highest BCUT2D eigenvalue weighted by atomic mass is 16.2. The lowest BCUT2D eigenvalue weighted by Crippen LogP contribution is -2.54. The van der Waals surface area contributed by atoms with Gasteiger partial charge in [0.25, 0.3) is 11.8 Å². The van der Waals surface area contributed by atoms with Gasteiger partial charge in [0.2, 0.25) is 0 Å². The number of carbonyl (C=O) groups excluding carboxylic acids is 3. The molecule has 0 unspecified atom stereocenters. The van der Waals surface area contributed by atoms with Crippen LogP contribution in [0.2, 0.25) is 0 Å². The Hall–Kier alpha value is -2.63. The van der Waals surface area contributed by atoms with E-state index in [4.69, 9.17) is 0 Å². The number of imide groups is 2. The van der Waals surface area contributed by atoms with Gasteiger partial charge in [0.05, 0.1) is 0 Å². The number of benzene rings is 1. The molecular weight excluding hydrogens is 318 g/mol. The second kappa shape index (κ2) is 7.51. The number of nitrogens with one attached hydrogen (secondary N) is 1. The molecule has 6 heteroatoms. The van der Waals surface area contributed by atoms with Gasteiger partial charge in [-0.2, -0.15) is 0 Å². The number of rotatable bonds is 5. The van der Waals surface area contributed by atoms with Crippen molar-refractivity contribution in [1.82, 2.24) is 10.2 Å². The van der Waals surface area contributed by atoms with E-state index < -0.39 is 17.8 Å². The van der Waals surface area contributed by atoms with Crippen LogP contribution in [0.15, 0.2) is 29.8 Å². The van der Waals surface area contributed by atoms with Crippen LogP contribution in [0.3, 0.4) is 0 Å². The summed E-state index contributed by atoms with van der Waals surface area (Å²) in [7, 11) is 0. The monoisotopic (exact) mass is 341 g/mol. The van der Waals surface area contributed by atoms with Crippen LogP contribution < -0.4 is 10.2 Å². The highest BCUT2D eigenvalue weighted by Gasteiger charge is 2.35. The van der Waals surface area contributed by atoms with Crippen molar-refractivity contribution in [3.63, 3.8) is 0 Å². The third-order valence-electron chi connectivity index (χ3n) is 4.60. The van der Waals surface area contributed by atoms with Crippen LogP contribution in [0.5, 0.6) is 0 Å². The van der Waals surface area contributed by atoms with E-state index in [9.17, 15) is 14.4 Å². The summed E-state index contributed by atoms with van der Waals surface area (Å²) in [5, 5.41) is 2.25. The number of amides is 4. The number of unbranched alkanes of at least 4 members (excludes halogenated alkanes) is 1. The van der Waals surface area contributed by atoms with Crippen LogP contribution in [0.25, 0.3) is 6.08 Å². The first-order valence-electron chi connectivity index (χ1n) is 8.84. The third-order valence-corrected chi connectivity index (χ3v) is 4.60. The topological polar surface area (TPSA) is 69.7 Å². The minimum Gasteiger partial charge on any atom is -0.372 e. The first kappa shape index (κ1) is 17.2. The van der Waals surface area contributed by atoms with Crippen molar-refractivity contribution in [1.29, 1.82) is 0 Å². The molecule has 2 aliphatic heterocycles. The van der Waals surface area contributed by atoms with Gasteiger partial charge in [-0.15, -0.1) is 0 Å². The molecule has 132 valence electrons. The minimum absolute atomic E-state index is 0.00428. The van der Waals surface area contributed by atoms with E-state index >= 15 is 0 Å². The van der Waals surface area contributed by atoms with Crippen molar-refractivity contribution in [2.75, 3.05) is 24.5 Å². The Morgan fingerprint density at radius 2 is 1.76 bits per heavy atom. The molecule has 4 amide bonds. The number of carbonyl (C=O) groups is 3. The molecule has 1 aromatic rings. The van der Waals surface area contributed by atoms with Crippen LogP contribution in [0, 0.1) is 0 Å². The largest absolute Gasteiger partial charge is 0.372 e. The normalized spacial score (nSPS) is 19.7. The van der Waals surface area contributed by atoms with Gasteiger partial charge < -0.3 is 4.90 Å². The average Bonchev–Trinajstić information content (AvgIpc) is 3.13. The fourth-order valence-corrected chi connectivity index (χ4v) is 3.14. The average molecular weight is 341 g/mol. The second-order valence-electron chi connectivity index (χ2n) is 6.41. The molecule has 3 rings (SSSR count). The summed E-state index contributed by atoms with van der Waals surface area (Å²) >= 11 is 0. The lowest BCUT2D eigenvalue weighted by molar-refractivity contribution is -0.130. The second-order valence-corrected chi connectivity index (χ2v) is 6.41. The maximum absolute atomic E-state index is 12.5. The molecule has 0 aromatic heterocycles. The first-order chi connectivity index (χ1) is 12.1. The van der Waals surface area contributed by atoms with Gasteiger partial charge in [0.15, 0.2) is 0 Å². The molecule has 1 N–H and O–H groups in total. The van der Waals surface area contributed by atoms with Gasteiger partial charge in [-0.25, -0.2) is 4.79 Å². The van der Waals surface area contributed by atoms with Crippen molar-refractivity contribution in [3.8, 4) is 0 Å². The minimum atomic E-state index is -0.634. The summed E-state index contributed by atoms with van der Waals surface area (Å²) in [6.45, 7) is 4.43. The summed E-state index contributed by atoms with van der Waals surface area (Å²) in [6, 6.07) is 7.17. The van der Waals surface area contributed by atoms with Gasteiger partial charge in [0, 0.05) is 25.3 Å². The molecule has 6 nitrogen and oxygen atoms in total. The zero-order valence-electron chi connectivity index (χ0n) is 14.5. The summed E-state index contributed by atoms with van der Waals surface area (Å²) in [5.74, 6) is -1.16. The van der Waals surface area contributed by atoms with Gasteiger partial charge in [-0.3, -0.25) is 19.8 Å². The zero-order valence-corrected chi connectivity index (χ0v) is 14.5. The van der Waals surface area contributed by atoms with Crippen molar-refractivity contribution >= 4 is 29.6 Å². The van der Waals surface area contributed by atoms with E-state index in [1.807, 2.05) is 31.2 Å². The zero-order chi connectivity index (χ0) is 17.8. The molecule has 0 bridgehead atoms. The van der Waals surface area contributed by atoms with Crippen molar-refractivity contribution in [2.45, 2.75) is 32.6 Å². The predicted octanol–water partition coefficient (Wildman–Crippen LogP) is 2.55. The lowest BCUT2D eigenvalue weighted by Gasteiger charge is -2.26. The molecule has 1 aromatic carbocycles. The number of barbiturate groups is 1. The van der Waals surface area contributed by atoms with Crippen molar-refractivity contribution in [3.05, 3.63) is 35.4 Å². The number of anilines is 1. The van der Waals surface area contributed by atoms with E-state index in [0.717, 1.165) is 35.7 Å². The van der Waals surface area contributed by atoms with E-state index in [2.05, 4.69) is 10.2 Å². The van der Waals surface area contributed by atoms with Gasteiger partial charge in [-0.1, -0.05) is 25.5 Å². The van der Waals surface area contributed by atoms with Crippen molar-refractivity contribution in [2.24, 2.45) is 0 Å². The summed E-state index contributed by atoms with van der Waals surface area (Å²) in [5.41, 5.74) is 1.93. The molecule has 2 aliphatic rings. The van der Waals surface area contributed by atoms with Crippen LogP contribution in [-0.4, -0.2) is 42.4 Å². The van der Waals surface area contributed by atoms with Crippen LogP contribution in [-0.2, 0) is 9.59 Å². The van der Waals surface area contributed by atoms with Crippen LogP contribution in [0.1, 0.15) is 38.2 Å². The van der Waals surface area contributed by atoms with Gasteiger partial charge in [0.1, 0.15) is 5.57 Å². The molecule has 2 fully saturated rings. The molecule has 0 spiro atoms. The summed E-state index contributed by atoms with van der Waals surface area (Å²) in [6.07, 6.45) is 5.55. The van der Waals surface area contributed by atoms with Crippen LogP contribution >= 0.6 is 0 Å². The first-order valence-corrected chi connectivity index (χ1v) is 8.84. The molecule has 0 atom stereocenters. The predicted molar refractivity (Wildman–Crippen MR) is 96.0 cm³/mol. The summed E-state index contributed by atoms with van der Waals surface area (Å²) < 4.78 is 0. The fraction of sp³-hybridized carbons (Fsp3) is 0.421. The van der Waals surface area contributed by atoms with E-state index in [1.54, 1.807) is 6.08 Å². The molecule has 2 heterocycles. The molecule has 0 aliphatic carbocycles. The smallest absolute Gasteiger partial charge is 0.331 e. The van der Waals surface area contributed by atoms with Crippen molar-refractivity contribution < 1.29 is 14.4 Å². The number of hydrogen-bond donors (Lipinski definition) is 1. The highest BCUT2D eigenvalue weighted by Crippen LogP contribution is 2.22. The van der Waals surface area contributed by atoms with Gasteiger partial charge >= 0.3 is 6.03 Å². The Bertz CT molecular complexity index is 703. The Labute approximate surface area is 147 Å². The molecule has 2 saturated heterocycles. The Morgan fingerprint density at radius 1 is 1.08 bits per heavy atom. The maximum atomic E-state index is 12.5. The quantitative estimate of drug-likeness (QED) is 0.660. The van der Waals surface area contributed by atoms with Gasteiger partial charge in [-0.05, 0) is 43.0 Å². The van der Waals surface area contributed by atoms with E-state index in [1.165, 1.54) is 12.8 Å². The summed E-state index contributed by atoms with van der Waals surface area (Å²) in [4.78, 5) is 39.8. The highest BCUT2D eigenvalue weighted by molar-refractivity contribution is 6.31. The molecule has 0 saturated carbocycles. The number of urea groups is 1. The van der Waals surface area contributed by atoms with E-state index in [0.29, 0.717) is 13.0 Å². The van der Waals surface area contributed by atoms with E-state index in [-0.39, 0.29) is 5.57 Å². The SMILES string of the molecule is CCCCN1C(=O)NC(=O)/C(=C/c2ccc(N3CCCC3)cc2)C1=O. The third kappa shape index (κ3) is 3.73. The Kier molecular flexibility index (Phi) is 5.16. The molecule has 25 heavy (non-hydrogen) atoms. The lowest BCUT2D eigenvalue weighted by atomic mass is 10.1. The van der Waals surface area contributed by atoms with Crippen LogP contribution in [0.4, 0.5) is 10.5 Å². The molecule has 0 radical (unpaired) electrons. The molecular formula is C19H23N3O3. The number of nitrogens with zero attached hydrogens (tertiary/aromatic N) is 2. The standard InChI is InChI=1S/C19H23N3O3/c1-2-3-12-22-18(24)16(17(23)20-19(22)25)13-14-6-8-15(9-7-14)21-10-4-5-11-21/h6-9,13H,2-5,10-12H2,1H3,(H,20,23,25)/b16-13-. The Balaban J connectivity index is 1.79. The maximum Gasteiger partial charge on any atom is 0.331 e.